The lowest BCUT2D eigenvalue weighted by molar-refractivity contribution is -0.0194. The third-order valence-corrected chi connectivity index (χ3v) is 10.6. The van der Waals surface area contributed by atoms with Gasteiger partial charge in [-0.1, -0.05) is 52.3 Å². The molecule has 5 atom stereocenters. The van der Waals surface area contributed by atoms with Crippen LogP contribution in [0, 0.1) is 28.6 Å². The van der Waals surface area contributed by atoms with Crippen molar-refractivity contribution >= 4 is 5.57 Å². The minimum absolute atomic E-state index is 0.283. The summed E-state index contributed by atoms with van der Waals surface area (Å²) < 4.78 is 10.2. The molecule has 2 heterocycles. The predicted octanol–water partition coefficient (Wildman–Crippen LogP) is 7.59. The Morgan fingerprint density at radius 3 is 2.38 bits per heavy atom. The summed E-state index contributed by atoms with van der Waals surface area (Å²) in [6.45, 7) is 17.1. The molecule has 0 aromatic carbocycles. The van der Waals surface area contributed by atoms with Crippen LogP contribution in [0.3, 0.4) is 0 Å². The molecule has 0 saturated heterocycles. The van der Waals surface area contributed by atoms with E-state index in [4.69, 9.17) is 4.74 Å². The van der Waals surface area contributed by atoms with Gasteiger partial charge in [-0.2, -0.15) is 0 Å². The van der Waals surface area contributed by atoms with E-state index in [1.54, 1.807) is 19.8 Å². The van der Waals surface area contributed by atoms with Gasteiger partial charge in [-0.15, -0.1) is 0 Å². The number of pyridine rings is 1. The quantitative estimate of drug-likeness (QED) is 0.339. The van der Waals surface area contributed by atoms with E-state index in [1.165, 1.54) is 56.2 Å². The van der Waals surface area contributed by atoms with Crippen molar-refractivity contribution < 1.29 is 9.47 Å². The van der Waals surface area contributed by atoms with Crippen LogP contribution in [0.1, 0.15) is 85.1 Å². The van der Waals surface area contributed by atoms with Gasteiger partial charge < -0.3 is 19.3 Å². The molecule has 0 spiro atoms. The second-order valence-electron chi connectivity index (χ2n) is 13.0. The van der Waals surface area contributed by atoms with Crippen molar-refractivity contribution in [3.8, 4) is 5.75 Å². The summed E-state index contributed by atoms with van der Waals surface area (Å²) in [7, 11) is 7.65. The Bertz CT molecular complexity index is 987. The number of fused-ring (bicyclic) bond motifs is 5. The lowest BCUT2D eigenvalue weighted by Gasteiger charge is -2.57. The molecule has 5 unspecified atom stereocenters. The maximum absolute atomic E-state index is 5.90. The average molecular weight is 554 g/mol. The van der Waals surface area contributed by atoms with Crippen LogP contribution in [0.25, 0.3) is 5.57 Å². The molecule has 0 radical (unpaired) electrons. The molecule has 0 N–H and O–H groups in total. The summed E-state index contributed by atoms with van der Waals surface area (Å²) in [6, 6.07) is 2.23. The highest BCUT2D eigenvalue weighted by molar-refractivity contribution is 5.73. The zero-order chi connectivity index (χ0) is 29.3. The molecule has 1 aromatic heterocycles. The van der Waals surface area contributed by atoms with E-state index in [9.17, 15) is 0 Å². The van der Waals surface area contributed by atoms with Gasteiger partial charge in [0.25, 0.3) is 0 Å². The van der Waals surface area contributed by atoms with Gasteiger partial charge in [0.15, 0.2) is 0 Å². The lowest BCUT2D eigenvalue weighted by Crippen LogP contribution is -2.49. The van der Waals surface area contributed by atoms with Crippen molar-refractivity contribution in [3.63, 3.8) is 0 Å². The van der Waals surface area contributed by atoms with Crippen LogP contribution in [0.5, 0.6) is 5.75 Å². The zero-order valence-corrected chi connectivity index (χ0v) is 27.3. The highest BCUT2D eigenvalue weighted by Crippen LogP contribution is 2.66. The number of rotatable bonds is 6. The van der Waals surface area contributed by atoms with Crippen LogP contribution in [-0.4, -0.2) is 75.9 Å². The summed E-state index contributed by atoms with van der Waals surface area (Å²) in [5, 5.41) is 0. The monoisotopic (exact) mass is 553 g/mol. The summed E-state index contributed by atoms with van der Waals surface area (Å²) in [5.74, 6) is 3.40. The molecule has 2 fully saturated rings. The number of hydrogen-bond donors (Lipinski definition) is 0. The van der Waals surface area contributed by atoms with Crippen molar-refractivity contribution in [1.29, 1.82) is 0 Å². The lowest BCUT2D eigenvalue weighted by atomic mass is 9.47. The van der Waals surface area contributed by atoms with E-state index in [-0.39, 0.29) is 5.41 Å². The van der Waals surface area contributed by atoms with Gasteiger partial charge in [0.05, 0.1) is 12.8 Å². The molecule has 3 aliphatic carbocycles. The SMILES string of the molecule is CCCOc1cncc(C2=CCC3C4CCC5=CCN(C)CCC5(C)C4CCC23C)c1.CCN(C)CC.COC. The molecule has 1 aliphatic heterocycles. The molecule has 5 nitrogen and oxygen atoms in total. The summed E-state index contributed by atoms with van der Waals surface area (Å²) in [6.07, 6.45) is 18.0. The molecule has 40 heavy (non-hydrogen) atoms. The first-order chi connectivity index (χ1) is 19.2. The van der Waals surface area contributed by atoms with E-state index in [0.717, 1.165) is 56.2 Å². The summed E-state index contributed by atoms with van der Waals surface area (Å²) in [4.78, 5) is 9.30. The van der Waals surface area contributed by atoms with Crippen LogP contribution in [0.2, 0.25) is 0 Å². The topological polar surface area (TPSA) is 37.8 Å². The Balaban J connectivity index is 0.000000429. The molecular formula is C35H59N3O2. The van der Waals surface area contributed by atoms with Crippen LogP contribution >= 0.6 is 0 Å². The standard InChI is InChI=1S/C28H40N2O.C5H13N.C2H6O/c1-5-16-31-22-17-20(18-29-19-22)24-8-9-25-23-7-6-21-11-14-30(4)15-13-27(21,2)26(23)10-12-28(24,25)3;1-4-6(3)5-2;1-3-2/h8,11,17-19,23,25-26H,5-7,9-10,12-16H2,1-4H3;4-5H2,1-3H3;1-2H3. The first-order valence-electron chi connectivity index (χ1n) is 15.9. The zero-order valence-electron chi connectivity index (χ0n) is 27.3. The number of aromatic nitrogens is 1. The number of methoxy groups -OCH3 is 1. The van der Waals surface area contributed by atoms with Gasteiger partial charge >= 0.3 is 0 Å². The van der Waals surface area contributed by atoms with Crippen molar-refractivity contribution in [2.24, 2.45) is 28.6 Å². The molecule has 1 aromatic rings. The molecule has 0 amide bonds. The van der Waals surface area contributed by atoms with Crippen LogP contribution in [0.15, 0.2) is 36.2 Å². The number of likely N-dealkylation sites (N-methyl/N-ethyl adjacent to an activating group) is 1. The maximum atomic E-state index is 5.90. The van der Waals surface area contributed by atoms with Gasteiger partial charge in [0, 0.05) is 27.0 Å². The minimum atomic E-state index is 0.283. The largest absolute Gasteiger partial charge is 0.492 e. The van der Waals surface area contributed by atoms with Gasteiger partial charge in [-0.05, 0) is 124 Å². The highest BCUT2D eigenvalue weighted by atomic mass is 16.5. The Hall–Kier alpha value is -1.69. The first kappa shape index (κ1) is 32.8. The van der Waals surface area contributed by atoms with Crippen molar-refractivity contribution in [2.45, 2.75) is 79.6 Å². The first-order valence-corrected chi connectivity index (χ1v) is 15.9. The van der Waals surface area contributed by atoms with E-state index in [1.807, 2.05) is 6.20 Å². The number of allylic oxidation sites excluding steroid dienone is 3. The fraction of sp³-hybridized carbons (Fsp3) is 0.743. The molecule has 2 saturated carbocycles. The van der Waals surface area contributed by atoms with Crippen LogP contribution < -0.4 is 4.74 Å². The smallest absolute Gasteiger partial charge is 0.138 e. The number of ether oxygens (including phenoxy) is 2. The normalized spacial score (nSPS) is 31.2. The molecule has 5 heteroatoms. The van der Waals surface area contributed by atoms with E-state index in [2.05, 4.69) is 92.6 Å². The molecule has 4 aliphatic rings. The van der Waals surface area contributed by atoms with Crippen molar-refractivity contribution in [2.75, 3.05) is 61.1 Å². The van der Waals surface area contributed by atoms with E-state index >= 15 is 0 Å². The molecule has 0 bridgehead atoms. The highest BCUT2D eigenvalue weighted by Gasteiger charge is 2.56. The average Bonchev–Trinajstić information content (AvgIpc) is 3.24. The Morgan fingerprint density at radius 2 is 1.73 bits per heavy atom. The maximum Gasteiger partial charge on any atom is 0.138 e. The van der Waals surface area contributed by atoms with Gasteiger partial charge in [-0.25, -0.2) is 0 Å². The van der Waals surface area contributed by atoms with Crippen molar-refractivity contribution in [1.82, 2.24) is 14.8 Å². The minimum Gasteiger partial charge on any atom is -0.492 e. The number of hydrogen-bond acceptors (Lipinski definition) is 5. The Labute approximate surface area is 246 Å². The summed E-state index contributed by atoms with van der Waals surface area (Å²) in [5.41, 5.74) is 5.30. The van der Waals surface area contributed by atoms with Gasteiger partial charge in [0.1, 0.15) is 5.75 Å². The number of nitrogens with zero attached hydrogens (tertiary/aromatic N) is 3. The second-order valence-corrected chi connectivity index (χ2v) is 13.0. The third-order valence-electron chi connectivity index (χ3n) is 10.6. The van der Waals surface area contributed by atoms with E-state index in [0.29, 0.717) is 5.41 Å². The predicted molar refractivity (Wildman–Crippen MR) is 170 cm³/mol. The van der Waals surface area contributed by atoms with Gasteiger partial charge in [0.2, 0.25) is 0 Å². The molecule has 226 valence electrons. The fourth-order valence-electron chi connectivity index (χ4n) is 7.89. The van der Waals surface area contributed by atoms with Crippen LogP contribution in [0.4, 0.5) is 0 Å². The fourth-order valence-corrected chi connectivity index (χ4v) is 7.89. The van der Waals surface area contributed by atoms with Gasteiger partial charge in [-0.3, -0.25) is 4.98 Å². The Morgan fingerprint density at radius 1 is 1.00 bits per heavy atom. The Kier molecular flexibility index (Phi) is 12.3. The van der Waals surface area contributed by atoms with E-state index < -0.39 is 0 Å². The molecular weight excluding hydrogens is 494 g/mol. The second kappa shape index (κ2) is 15.0. The van der Waals surface area contributed by atoms with Crippen molar-refractivity contribution in [3.05, 3.63) is 41.7 Å². The molecule has 5 rings (SSSR count). The third kappa shape index (κ3) is 7.20. The summed E-state index contributed by atoms with van der Waals surface area (Å²) >= 11 is 0. The van der Waals surface area contributed by atoms with Crippen LogP contribution in [-0.2, 0) is 4.74 Å².